The fraction of sp³-hybridized carbons (Fsp3) is 0.400. The molecule has 0 spiro atoms. The first kappa shape index (κ1) is 11.8. The number of alkyl halides is 4. The summed E-state index contributed by atoms with van der Waals surface area (Å²) in [7, 11) is 1.40. The Hall–Kier alpha value is -1.26. The third-order valence-corrected chi connectivity index (χ3v) is 1.90. The van der Waals surface area contributed by atoms with Crippen molar-refractivity contribution < 1.29 is 22.3 Å². The summed E-state index contributed by atoms with van der Waals surface area (Å²) in [6, 6.07) is 5.93. The molecule has 0 fully saturated rings. The van der Waals surface area contributed by atoms with Crippen LogP contribution in [0.25, 0.3) is 0 Å². The molecule has 1 nitrogen and oxygen atoms in total. The van der Waals surface area contributed by atoms with E-state index in [1.807, 2.05) is 0 Å². The standard InChI is InChI=1S/C10H10F4O/c1-15-8-4-2-3-7(5-8)6-9(11)10(12,13)14/h2-5,9H,6H2,1H3. The van der Waals surface area contributed by atoms with Gasteiger partial charge in [0.25, 0.3) is 0 Å². The third kappa shape index (κ3) is 3.42. The van der Waals surface area contributed by atoms with Crippen molar-refractivity contribution >= 4 is 0 Å². The Kier molecular flexibility index (Phi) is 3.55. The fourth-order valence-corrected chi connectivity index (χ4v) is 1.12. The molecule has 1 aromatic carbocycles. The van der Waals surface area contributed by atoms with E-state index in [-0.39, 0.29) is 5.56 Å². The number of halogens is 4. The van der Waals surface area contributed by atoms with Gasteiger partial charge in [0.1, 0.15) is 5.75 Å². The van der Waals surface area contributed by atoms with Gasteiger partial charge < -0.3 is 4.74 Å². The molecule has 1 unspecified atom stereocenters. The monoisotopic (exact) mass is 222 g/mol. The van der Waals surface area contributed by atoms with Crippen LogP contribution in [-0.4, -0.2) is 19.5 Å². The van der Waals surface area contributed by atoms with Gasteiger partial charge in [0, 0.05) is 6.42 Å². The summed E-state index contributed by atoms with van der Waals surface area (Å²) in [6.45, 7) is 0. The highest BCUT2D eigenvalue weighted by Crippen LogP contribution is 2.26. The predicted molar refractivity (Wildman–Crippen MR) is 47.6 cm³/mol. The van der Waals surface area contributed by atoms with Crippen LogP contribution in [0.1, 0.15) is 5.56 Å². The number of hydrogen-bond donors (Lipinski definition) is 0. The Labute approximate surface area is 84.7 Å². The molecule has 0 radical (unpaired) electrons. The summed E-state index contributed by atoms with van der Waals surface area (Å²) in [5, 5.41) is 0. The van der Waals surface area contributed by atoms with E-state index in [0.717, 1.165) is 0 Å². The Morgan fingerprint density at radius 3 is 2.53 bits per heavy atom. The lowest BCUT2D eigenvalue weighted by Gasteiger charge is -2.12. The molecule has 0 aliphatic heterocycles. The first-order valence-electron chi connectivity index (χ1n) is 4.27. The molecule has 0 amide bonds. The van der Waals surface area contributed by atoms with E-state index < -0.39 is 18.8 Å². The van der Waals surface area contributed by atoms with Gasteiger partial charge in [0.05, 0.1) is 7.11 Å². The molecule has 1 rings (SSSR count). The number of methoxy groups -OCH3 is 1. The molecule has 0 aromatic heterocycles. The van der Waals surface area contributed by atoms with Crippen molar-refractivity contribution in [3.8, 4) is 5.75 Å². The zero-order chi connectivity index (χ0) is 11.5. The van der Waals surface area contributed by atoms with E-state index in [9.17, 15) is 17.6 Å². The highest BCUT2D eigenvalue weighted by molar-refractivity contribution is 5.28. The molecule has 0 bridgehead atoms. The fourth-order valence-electron chi connectivity index (χ4n) is 1.12. The van der Waals surface area contributed by atoms with Crippen LogP contribution in [-0.2, 0) is 6.42 Å². The van der Waals surface area contributed by atoms with Crippen LogP contribution in [0.15, 0.2) is 24.3 Å². The average molecular weight is 222 g/mol. The number of ether oxygens (including phenoxy) is 1. The molecular weight excluding hydrogens is 212 g/mol. The lowest BCUT2D eigenvalue weighted by Crippen LogP contribution is -2.26. The van der Waals surface area contributed by atoms with Crippen LogP contribution in [0.5, 0.6) is 5.75 Å². The van der Waals surface area contributed by atoms with Crippen molar-refractivity contribution in [3.05, 3.63) is 29.8 Å². The van der Waals surface area contributed by atoms with Gasteiger partial charge in [-0.2, -0.15) is 13.2 Å². The normalized spacial score (nSPS) is 13.7. The van der Waals surface area contributed by atoms with Crippen LogP contribution in [0.3, 0.4) is 0 Å². The van der Waals surface area contributed by atoms with Crippen molar-refractivity contribution in [1.29, 1.82) is 0 Å². The van der Waals surface area contributed by atoms with Crippen molar-refractivity contribution in [2.45, 2.75) is 18.8 Å². The molecule has 0 N–H and O–H groups in total. The van der Waals surface area contributed by atoms with E-state index in [0.29, 0.717) is 5.75 Å². The molecule has 15 heavy (non-hydrogen) atoms. The Morgan fingerprint density at radius 2 is 2.00 bits per heavy atom. The predicted octanol–water partition coefficient (Wildman–Crippen LogP) is 3.14. The van der Waals surface area contributed by atoms with Gasteiger partial charge in [-0.1, -0.05) is 12.1 Å². The summed E-state index contributed by atoms with van der Waals surface area (Å²) < 4.78 is 53.2. The smallest absolute Gasteiger partial charge is 0.419 e. The van der Waals surface area contributed by atoms with Gasteiger partial charge in [-0.25, -0.2) is 4.39 Å². The van der Waals surface area contributed by atoms with Crippen LogP contribution >= 0.6 is 0 Å². The second-order valence-electron chi connectivity index (χ2n) is 3.06. The maximum Gasteiger partial charge on any atom is 0.419 e. The Bertz CT molecular complexity index is 321. The molecule has 0 heterocycles. The van der Waals surface area contributed by atoms with Crippen molar-refractivity contribution in [2.24, 2.45) is 0 Å². The molecule has 0 saturated carbocycles. The largest absolute Gasteiger partial charge is 0.497 e. The first-order valence-corrected chi connectivity index (χ1v) is 4.27. The van der Waals surface area contributed by atoms with Crippen molar-refractivity contribution in [2.75, 3.05) is 7.11 Å². The van der Waals surface area contributed by atoms with Gasteiger partial charge in [-0.3, -0.25) is 0 Å². The van der Waals surface area contributed by atoms with Crippen molar-refractivity contribution in [1.82, 2.24) is 0 Å². The van der Waals surface area contributed by atoms with E-state index in [2.05, 4.69) is 0 Å². The molecule has 0 saturated heterocycles. The second-order valence-corrected chi connectivity index (χ2v) is 3.06. The lowest BCUT2D eigenvalue weighted by atomic mass is 10.1. The zero-order valence-electron chi connectivity index (χ0n) is 8.01. The topological polar surface area (TPSA) is 9.23 Å². The number of benzene rings is 1. The van der Waals surface area contributed by atoms with Crippen LogP contribution < -0.4 is 4.74 Å². The highest BCUT2D eigenvalue weighted by Gasteiger charge is 2.39. The number of hydrogen-bond acceptors (Lipinski definition) is 1. The SMILES string of the molecule is COc1cccc(CC(F)C(F)(F)F)c1. The Balaban J connectivity index is 2.72. The first-order chi connectivity index (χ1) is 6.93. The molecule has 5 heteroatoms. The molecular formula is C10H10F4O. The van der Waals surface area contributed by atoms with Gasteiger partial charge >= 0.3 is 6.18 Å². The van der Waals surface area contributed by atoms with Gasteiger partial charge in [0.2, 0.25) is 0 Å². The van der Waals surface area contributed by atoms with Crippen LogP contribution in [0, 0.1) is 0 Å². The van der Waals surface area contributed by atoms with E-state index >= 15 is 0 Å². The summed E-state index contributed by atoms with van der Waals surface area (Å²) in [5.41, 5.74) is 0.263. The molecule has 0 aliphatic carbocycles. The highest BCUT2D eigenvalue weighted by atomic mass is 19.4. The third-order valence-electron chi connectivity index (χ3n) is 1.90. The van der Waals surface area contributed by atoms with Gasteiger partial charge in [-0.05, 0) is 17.7 Å². The maximum absolute atomic E-state index is 12.7. The van der Waals surface area contributed by atoms with Gasteiger partial charge in [0.15, 0.2) is 6.17 Å². The minimum Gasteiger partial charge on any atom is -0.497 e. The van der Waals surface area contributed by atoms with Crippen LogP contribution in [0.2, 0.25) is 0 Å². The minimum absolute atomic E-state index is 0.263. The molecule has 0 aliphatic rings. The summed E-state index contributed by atoms with van der Waals surface area (Å²) in [5.74, 6) is 0.418. The average Bonchev–Trinajstić information content (AvgIpc) is 2.16. The van der Waals surface area contributed by atoms with E-state index in [1.54, 1.807) is 6.07 Å². The molecule has 1 aromatic rings. The quantitative estimate of drug-likeness (QED) is 0.714. The second kappa shape index (κ2) is 4.51. The zero-order valence-corrected chi connectivity index (χ0v) is 8.01. The van der Waals surface area contributed by atoms with Crippen LogP contribution in [0.4, 0.5) is 17.6 Å². The molecule has 1 atom stereocenters. The summed E-state index contributed by atoms with van der Waals surface area (Å²) >= 11 is 0. The van der Waals surface area contributed by atoms with Crippen molar-refractivity contribution in [3.63, 3.8) is 0 Å². The lowest BCUT2D eigenvalue weighted by molar-refractivity contribution is -0.179. The summed E-state index contributed by atoms with van der Waals surface area (Å²) in [6.07, 6.45) is -8.31. The summed E-state index contributed by atoms with van der Waals surface area (Å²) in [4.78, 5) is 0. The molecule has 84 valence electrons. The maximum atomic E-state index is 12.7. The minimum atomic E-state index is -4.80. The Morgan fingerprint density at radius 1 is 1.33 bits per heavy atom. The van der Waals surface area contributed by atoms with E-state index in [1.165, 1.54) is 25.3 Å². The van der Waals surface area contributed by atoms with Gasteiger partial charge in [-0.15, -0.1) is 0 Å². The van der Waals surface area contributed by atoms with E-state index in [4.69, 9.17) is 4.74 Å². The number of rotatable bonds is 3.